The Bertz CT molecular complexity index is 1480. The number of nitrogens with zero attached hydrogens (tertiary/aromatic N) is 2. The van der Waals surface area contributed by atoms with Crippen molar-refractivity contribution in [2.45, 2.75) is 71.5 Å². The van der Waals surface area contributed by atoms with Crippen molar-refractivity contribution >= 4 is 27.5 Å². The molecule has 214 valence electrons. The second kappa shape index (κ2) is 12.2. The van der Waals surface area contributed by atoms with Crippen LogP contribution < -0.4 is 9.62 Å². The summed E-state index contributed by atoms with van der Waals surface area (Å²) in [6.07, 6.45) is 0. The Hall–Kier alpha value is -3.72. The average Bonchev–Trinajstić information content (AvgIpc) is 2.87. The van der Waals surface area contributed by atoms with Gasteiger partial charge in [0.15, 0.2) is 0 Å². The number of hydrogen-bond acceptors (Lipinski definition) is 4. The lowest BCUT2D eigenvalue weighted by molar-refractivity contribution is -0.140. The molecule has 0 heterocycles. The normalized spacial score (nSPS) is 12.5. The van der Waals surface area contributed by atoms with Crippen LogP contribution in [0.15, 0.2) is 71.6 Å². The molecule has 1 atom stereocenters. The molecule has 9 heteroatoms. The van der Waals surface area contributed by atoms with Crippen LogP contribution in [0.1, 0.15) is 49.9 Å². The van der Waals surface area contributed by atoms with Crippen LogP contribution in [-0.4, -0.2) is 43.3 Å². The summed E-state index contributed by atoms with van der Waals surface area (Å²) in [4.78, 5) is 28.3. The second-order valence-corrected chi connectivity index (χ2v) is 13.0. The van der Waals surface area contributed by atoms with Crippen LogP contribution in [0, 0.1) is 26.6 Å². The first-order valence-electron chi connectivity index (χ1n) is 13.1. The van der Waals surface area contributed by atoms with Crippen LogP contribution in [0.3, 0.4) is 0 Å². The summed E-state index contributed by atoms with van der Waals surface area (Å²) < 4.78 is 43.5. The lowest BCUT2D eigenvalue weighted by Gasteiger charge is -2.33. The Morgan fingerprint density at radius 1 is 0.925 bits per heavy atom. The molecular weight excluding hydrogens is 529 g/mol. The molecule has 1 N–H and O–H groups in total. The summed E-state index contributed by atoms with van der Waals surface area (Å²) >= 11 is 0. The predicted molar refractivity (Wildman–Crippen MR) is 156 cm³/mol. The molecule has 40 heavy (non-hydrogen) atoms. The Balaban J connectivity index is 2.08. The van der Waals surface area contributed by atoms with E-state index >= 15 is 0 Å². The van der Waals surface area contributed by atoms with Crippen molar-refractivity contribution in [2.24, 2.45) is 0 Å². The van der Waals surface area contributed by atoms with Crippen LogP contribution in [0.2, 0.25) is 0 Å². The fourth-order valence-corrected chi connectivity index (χ4v) is 5.52. The zero-order chi connectivity index (χ0) is 29.8. The van der Waals surface area contributed by atoms with E-state index in [1.807, 2.05) is 41.5 Å². The van der Waals surface area contributed by atoms with E-state index in [-0.39, 0.29) is 17.0 Å². The molecule has 0 radical (unpaired) electrons. The van der Waals surface area contributed by atoms with Gasteiger partial charge in [-0.05, 0) is 89.9 Å². The fourth-order valence-electron chi connectivity index (χ4n) is 4.11. The molecule has 0 aliphatic rings. The van der Waals surface area contributed by atoms with Crippen molar-refractivity contribution < 1.29 is 22.4 Å². The smallest absolute Gasteiger partial charge is 0.264 e. The molecule has 0 bridgehead atoms. The highest BCUT2D eigenvalue weighted by atomic mass is 32.2. The number of anilines is 1. The largest absolute Gasteiger partial charge is 0.350 e. The maximum atomic E-state index is 14.7. The van der Waals surface area contributed by atoms with E-state index in [2.05, 4.69) is 5.32 Å². The molecule has 3 rings (SSSR count). The lowest BCUT2D eigenvalue weighted by Crippen LogP contribution is -2.54. The zero-order valence-corrected chi connectivity index (χ0v) is 25.0. The first kappa shape index (κ1) is 30.8. The van der Waals surface area contributed by atoms with Crippen molar-refractivity contribution in [3.8, 4) is 0 Å². The van der Waals surface area contributed by atoms with Crippen molar-refractivity contribution in [3.05, 3.63) is 94.8 Å². The highest BCUT2D eigenvalue weighted by molar-refractivity contribution is 7.92. The Morgan fingerprint density at radius 3 is 2.12 bits per heavy atom. The second-order valence-electron chi connectivity index (χ2n) is 11.1. The van der Waals surface area contributed by atoms with Gasteiger partial charge in [0.05, 0.1) is 10.6 Å². The summed E-state index contributed by atoms with van der Waals surface area (Å²) in [5, 5.41) is 2.86. The number of aryl methyl sites for hydroxylation is 3. The van der Waals surface area contributed by atoms with E-state index in [0.717, 1.165) is 21.0 Å². The van der Waals surface area contributed by atoms with E-state index in [4.69, 9.17) is 0 Å². The van der Waals surface area contributed by atoms with Crippen molar-refractivity contribution in [1.82, 2.24) is 10.2 Å². The number of amides is 2. The number of rotatable bonds is 9. The van der Waals surface area contributed by atoms with Gasteiger partial charge in [0, 0.05) is 17.6 Å². The minimum absolute atomic E-state index is 0.0308. The van der Waals surface area contributed by atoms with Gasteiger partial charge < -0.3 is 10.2 Å². The Labute approximate surface area is 237 Å². The minimum Gasteiger partial charge on any atom is -0.350 e. The van der Waals surface area contributed by atoms with Crippen LogP contribution in [0.5, 0.6) is 0 Å². The third-order valence-corrected chi connectivity index (χ3v) is 8.42. The Kier molecular flexibility index (Phi) is 9.40. The van der Waals surface area contributed by atoms with Crippen LogP contribution >= 0.6 is 0 Å². The number of nitrogens with one attached hydrogen (secondary N) is 1. The van der Waals surface area contributed by atoms with E-state index in [1.54, 1.807) is 43.3 Å². The average molecular weight is 568 g/mol. The highest BCUT2D eigenvalue weighted by Gasteiger charge is 2.33. The number of carbonyl (C=O) groups excluding carboxylic acids is 2. The molecule has 7 nitrogen and oxygen atoms in total. The van der Waals surface area contributed by atoms with Gasteiger partial charge in [-0.15, -0.1) is 0 Å². The molecule has 3 aromatic rings. The number of sulfonamides is 1. The first-order valence-corrected chi connectivity index (χ1v) is 14.6. The van der Waals surface area contributed by atoms with Gasteiger partial charge >= 0.3 is 0 Å². The van der Waals surface area contributed by atoms with E-state index in [9.17, 15) is 22.4 Å². The molecule has 0 aliphatic carbocycles. The maximum Gasteiger partial charge on any atom is 0.264 e. The fraction of sp³-hybridized carbons (Fsp3) is 0.355. The summed E-state index contributed by atoms with van der Waals surface area (Å²) in [7, 11) is -4.17. The first-order chi connectivity index (χ1) is 18.6. The van der Waals surface area contributed by atoms with Gasteiger partial charge in [0.2, 0.25) is 11.8 Å². The zero-order valence-electron chi connectivity index (χ0n) is 24.2. The molecule has 2 amide bonds. The third kappa shape index (κ3) is 7.47. The monoisotopic (exact) mass is 567 g/mol. The van der Waals surface area contributed by atoms with Crippen LogP contribution in [-0.2, 0) is 26.2 Å². The number of benzene rings is 3. The van der Waals surface area contributed by atoms with Crippen molar-refractivity contribution in [1.29, 1.82) is 0 Å². The van der Waals surface area contributed by atoms with Crippen molar-refractivity contribution in [3.63, 3.8) is 0 Å². The standard InChI is InChI=1S/C31H38FN3O4S/c1-21-12-16-27(17-13-21)40(38,39)35(26-15-14-22(2)23(3)18-26)20-29(36)34(19-25-10-8-9-11-28(25)32)24(4)30(37)33-31(5,6)7/h8-18,24H,19-20H2,1-7H3,(H,33,37)/t24-/m1/s1. The van der Waals surface area contributed by atoms with Gasteiger partial charge in [0.1, 0.15) is 18.4 Å². The van der Waals surface area contributed by atoms with Gasteiger partial charge in [-0.25, -0.2) is 12.8 Å². The molecule has 0 aliphatic heterocycles. The van der Waals surface area contributed by atoms with Gasteiger partial charge in [-0.3, -0.25) is 13.9 Å². The molecule has 0 spiro atoms. The molecule has 0 aromatic heterocycles. The van der Waals surface area contributed by atoms with Crippen molar-refractivity contribution in [2.75, 3.05) is 10.8 Å². The summed E-state index contributed by atoms with van der Waals surface area (Å²) in [5.41, 5.74) is 2.67. The maximum absolute atomic E-state index is 14.7. The predicted octanol–water partition coefficient (Wildman–Crippen LogP) is 5.28. The van der Waals surface area contributed by atoms with Gasteiger partial charge in [-0.1, -0.05) is 42.0 Å². The number of halogens is 1. The molecule has 0 unspecified atom stereocenters. The SMILES string of the molecule is Cc1ccc(S(=O)(=O)N(CC(=O)N(Cc2ccccc2F)[C@H](C)C(=O)NC(C)(C)C)c2ccc(C)c(C)c2)cc1. The van der Waals surface area contributed by atoms with Crippen LogP contribution in [0.25, 0.3) is 0 Å². The minimum atomic E-state index is -4.17. The summed E-state index contributed by atoms with van der Waals surface area (Å²) in [5.74, 6) is -1.60. The molecular formula is C31H38FN3O4S. The van der Waals surface area contributed by atoms with E-state index < -0.39 is 45.8 Å². The van der Waals surface area contributed by atoms with Gasteiger partial charge in [0.25, 0.3) is 10.0 Å². The highest BCUT2D eigenvalue weighted by Crippen LogP contribution is 2.27. The van der Waals surface area contributed by atoms with E-state index in [0.29, 0.717) is 5.69 Å². The number of hydrogen-bond donors (Lipinski definition) is 1. The molecule has 0 saturated heterocycles. The summed E-state index contributed by atoms with van der Waals surface area (Å²) in [6, 6.07) is 16.5. The molecule has 0 saturated carbocycles. The quantitative estimate of drug-likeness (QED) is 0.381. The third-order valence-electron chi connectivity index (χ3n) is 6.63. The number of carbonyl (C=O) groups is 2. The summed E-state index contributed by atoms with van der Waals surface area (Å²) in [6.45, 7) is 11.8. The topological polar surface area (TPSA) is 86.8 Å². The Morgan fingerprint density at radius 2 is 1.55 bits per heavy atom. The lowest BCUT2D eigenvalue weighted by atomic mass is 10.1. The van der Waals surface area contributed by atoms with E-state index in [1.165, 1.54) is 35.2 Å². The molecule has 0 fully saturated rings. The molecule has 3 aromatic carbocycles. The van der Waals surface area contributed by atoms with Crippen LogP contribution in [0.4, 0.5) is 10.1 Å². The van der Waals surface area contributed by atoms with Gasteiger partial charge in [-0.2, -0.15) is 0 Å².